The summed E-state index contributed by atoms with van der Waals surface area (Å²) in [7, 11) is 1.32. The van der Waals surface area contributed by atoms with Gasteiger partial charge in [0.05, 0.1) is 7.11 Å². The lowest BCUT2D eigenvalue weighted by Gasteiger charge is -2.20. The van der Waals surface area contributed by atoms with Crippen LogP contribution in [0.4, 0.5) is 16.2 Å². The van der Waals surface area contributed by atoms with E-state index in [1.165, 1.54) is 26.4 Å². The number of carbonyl (C=O) groups excluding carboxylic acids is 2. The van der Waals surface area contributed by atoms with Crippen LogP contribution in [0.3, 0.4) is 0 Å². The Hall–Kier alpha value is -2.04. The van der Waals surface area contributed by atoms with Gasteiger partial charge in [-0.15, -0.1) is 0 Å². The van der Waals surface area contributed by atoms with Gasteiger partial charge < -0.3 is 10.1 Å². The summed E-state index contributed by atoms with van der Waals surface area (Å²) in [5, 5.41) is 5.56. The second-order valence-corrected chi connectivity index (χ2v) is 5.96. The average Bonchev–Trinajstić information content (AvgIpc) is 3.12. The van der Waals surface area contributed by atoms with E-state index in [9.17, 15) is 9.59 Å². The number of amides is 2. The molecule has 2 saturated carbocycles. The van der Waals surface area contributed by atoms with E-state index in [1.807, 2.05) is 0 Å². The summed E-state index contributed by atoms with van der Waals surface area (Å²) < 4.78 is 4.52. The minimum atomic E-state index is -0.506. The van der Waals surface area contributed by atoms with Gasteiger partial charge in [0.2, 0.25) is 5.91 Å². The van der Waals surface area contributed by atoms with Gasteiger partial charge in [-0.1, -0.05) is 6.42 Å². The van der Waals surface area contributed by atoms with E-state index in [0.717, 1.165) is 18.0 Å². The molecule has 112 valence electrons. The summed E-state index contributed by atoms with van der Waals surface area (Å²) in [6.45, 7) is 0. The Bertz CT molecular complexity index is 541. The molecule has 0 spiro atoms. The van der Waals surface area contributed by atoms with Crippen LogP contribution < -0.4 is 10.6 Å². The number of carbonyl (C=O) groups is 2. The van der Waals surface area contributed by atoms with Gasteiger partial charge in [0.25, 0.3) is 0 Å². The molecule has 1 aromatic rings. The Balaban J connectivity index is 1.57. The number of hydrogen-bond donors (Lipinski definition) is 2. The molecule has 3 atom stereocenters. The van der Waals surface area contributed by atoms with Gasteiger partial charge in [-0.3, -0.25) is 10.1 Å². The molecule has 2 fully saturated rings. The van der Waals surface area contributed by atoms with Crippen LogP contribution in [0.15, 0.2) is 24.3 Å². The minimum absolute atomic E-state index is 0.135. The monoisotopic (exact) mass is 288 g/mol. The first-order chi connectivity index (χ1) is 10.2. The van der Waals surface area contributed by atoms with E-state index in [4.69, 9.17) is 0 Å². The molecular formula is C16H20N2O3. The fourth-order valence-corrected chi connectivity index (χ4v) is 3.61. The Morgan fingerprint density at radius 3 is 2.24 bits per heavy atom. The van der Waals surface area contributed by atoms with E-state index in [-0.39, 0.29) is 11.8 Å². The molecule has 2 bridgehead atoms. The van der Waals surface area contributed by atoms with Crippen LogP contribution >= 0.6 is 0 Å². The average molecular weight is 288 g/mol. The van der Waals surface area contributed by atoms with Gasteiger partial charge in [-0.05, 0) is 55.4 Å². The van der Waals surface area contributed by atoms with Crippen molar-refractivity contribution >= 4 is 23.4 Å². The molecule has 5 nitrogen and oxygen atoms in total. The Morgan fingerprint density at radius 2 is 1.71 bits per heavy atom. The molecule has 2 N–H and O–H groups in total. The van der Waals surface area contributed by atoms with Crippen molar-refractivity contribution < 1.29 is 14.3 Å². The highest BCUT2D eigenvalue weighted by atomic mass is 16.5. The Kier molecular flexibility index (Phi) is 3.82. The summed E-state index contributed by atoms with van der Waals surface area (Å²) in [6, 6.07) is 7.06. The molecule has 5 heteroatoms. The van der Waals surface area contributed by atoms with Crippen LogP contribution in [0.25, 0.3) is 0 Å². The van der Waals surface area contributed by atoms with Crippen molar-refractivity contribution in [3.05, 3.63) is 24.3 Å². The van der Waals surface area contributed by atoms with Crippen molar-refractivity contribution in [3.8, 4) is 0 Å². The molecule has 0 heterocycles. The van der Waals surface area contributed by atoms with E-state index >= 15 is 0 Å². The second-order valence-electron chi connectivity index (χ2n) is 5.96. The Morgan fingerprint density at radius 1 is 1.05 bits per heavy atom. The van der Waals surface area contributed by atoms with Gasteiger partial charge in [-0.25, -0.2) is 4.79 Å². The summed E-state index contributed by atoms with van der Waals surface area (Å²) in [6.07, 6.45) is 4.25. The predicted octanol–water partition coefficient (Wildman–Crippen LogP) is 3.24. The zero-order valence-corrected chi connectivity index (χ0v) is 12.1. The van der Waals surface area contributed by atoms with Gasteiger partial charge in [0.1, 0.15) is 0 Å². The van der Waals surface area contributed by atoms with E-state index in [2.05, 4.69) is 15.4 Å². The quantitative estimate of drug-likeness (QED) is 0.897. The fraction of sp³-hybridized carbons (Fsp3) is 0.500. The van der Waals surface area contributed by atoms with Gasteiger partial charge in [-0.2, -0.15) is 0 Å². The molecule has 0 aliphatic heterocycles. The zero-order chi connectivity index (χ0) is 14.8. The molecule has 0 saturated heterocycles. The zero-order valence-electron chi connectivity index (χ0n) is 12.1. The third kappa shape index (κ3) is 3.01. The number of hydrogen-bond acceptors (Lipinski definition) is 3. The first-order valence-electron chi connectivity index (χ1n) is 7.41. The molecule has 21 heavy (non-hydrogen) atoms. The highest BCUT2D eigenvalue weighted by Crippen LogP contribution is 2.48. The number of ether oxygens (including phenoxy) is 1. The lowest BCUT2D eigenvalue weighted by molar-refractivity contribution is -0.121. The lowest BCUT2D eigenvalue weighted by Crippen LogP contribution is -2.27. The molecule has 0 aromatic heterocycles. The van der Waals surface area contributed by atoms with E-state index < -0.39 is 6.09 Å². The second kappa shape index (κ2) is 5.76. The molecule has 2 aliphatic rings. The summed E-state index contributed by atoms with van der Waals surface area (Å²) in [5.74, 6) is 1.65. The number of fused-ring (bicyclic) bond motifs is 2. The maximum absolute atomic E-state index is 12.3. The molecule has 0 radical (unpaired) electrons. The van der Waals surface area contributed by atoms with Crippen molar-refractivity contribution in [1.82, 2.24) is 0 Å². The molecule has 0 unspecified atom stereocenters. The van der Waals surface area contributed by atoms with E-state index in [0.29, 0.717) is 11.6 Å². The largest absolute Gasteiger partial charge is 0.453 e. The standard InChI is InChI=1S/C16H20N2O3/c1-21-16(20)18-13-6-4-12(5-7-13)17-15(19)14-9-10-2-3-11(14)8-10/h4-7,10-11,14H,2-3,8-9H2,1H3,(H,17,19)(H,18,20)/t10-,11-,14+/m0/s1. The van der Waals surface area contributed by atoms with Crippen LogP contribution in [0.5, 0.6) is 0 Å². The predicted molar refractivity (Wildman–Crippen MR) is 80.0 cm³/mol. The highest BCUT2D eigenvalue weighted by molar-refractivity contribution is 5.93. The van der Waals surface area contributed by atoms with Crippen molar-refractivity contribution in [2.45, 2.75) is 25.7 Å². The van der Waals surface area contributed by atoms with Crippen LogP contribution in [0.1, 0.15) is 25.7 Å². The van der Waals surface area contributed by atoms with Crippen LogP contribution in [0, 0.1) is 17.8 Å². The van der Waals surface area contributed by atoms with Gasteiger partial charge in [0.15, 0.2) is 0 Å². The molecule has 2 amide bonds. The lowest BCUT2D eigenvalue weighted by atomic mass is 9.88. The SMILES string of the molecule is COC(=O)Nc1ccc(NC(=O)[C@@H]2C[C@H]3CC[C@H]2C3)cc1. The van der Waals surface area contributed by atoms with Crippen molar-refractivity contribution in [3.63, 3.8) is 0 Å². The van der Waals surface area contributed by atoms with Crippen LogP contribution in [0.2, 0.25) is 0 Å². The van der Waals surface area contributed by atoms with Gasteiger partial charge >= 0.3 is 6.09 Å². The number of nitrogens with one attached hydrogen (secondary N) is 2. The highest BCUT2D eigenvalue weighted by Gasteiger charge is 2.42. The number of benzene rings is 1. The number of anilines is 2. The third-order valence-electron chi connectivity index (χ3n) is 4.66. The van der Waals surface area contributed by atoms with Crippen LogP contribution in [-0.2, 0) is 9.53 Å². The van der Waals surface area contributed by atoms with Crippen molar-refractivity contribution in [2.75, 3.05) is 17.7 Å². The maximum atomic E-state index is 12.3. The topological polar surface area (TPSA) is 67.4 Å². The Labute approximate surface area is 124 Å². The first-order valence-corrected chi connectivity index (χ1v) is 7.41. The third-order valence-corrected chi connectivity index (χ3v) is 4.66. The smallest absolute Gasteiger partial charge is 0.411 e. The molecular weight excluding hydrogens is 268 g/mol. The maximum Gasteiger partial charge on any atom is 0.411 e. The van der Waals surface area contributed by atoms with Crippen LogP contribution in [-0.4, -0.2) is 19.1 Å². The first kappa shape index (κ1) is 13.9. The number of rotatable bonds is 3. The fourth-order valence-electron chi connectivity index (χ4n) is 3.61. The van der Waals surface area contributed by atoms with Gasteiger partial charge in [0, 0.05) is 17.3 Å². The normalized spacial score (nSPS) is 26.4. The molecule has 3 rings (SSSR count). The number of methoxy groups -OCH3 is 1. The molecule has 2 aliphatic carbocycles. The van der Waals surface area contributed by atoms with Crippen molar-refractivity contribution in [1.29, 1.82) is 0 Å². The minimum Gasteiger partial charge on any atom is -0.453 e. The summed E-state index contributed by atoms with van der Waals surface area (Å²) >= 11 is 0. The summed E-state index contributed by atoms with van der Waals surface area (Å²) in [5.41, 5.74) is 1.40. The van der Waals surface area contributed by atoms with Crippen molar-refractivity contribution in [2.24, 2.45) is 17.8 Å². The van der Waals surface area contributed by atoms with E-state index in [1.54, 1.807) is 24.3 Å². The summed E-state index contributed by atoms with van der Waals surface area (Å²) in [4.78, 5) is 23.4. The molecule has 1 aromatic carbocycles.